The Balaban J connectivity index is 2.32. The number of methoxy groups -OCH3 is 2. The van der Waals surface area contributed by atoms with E-state index in [9.17, 15) is 18.4 Å². The average molecular weight is 384 g/mol. The first kappa shape index (κ1) is 20.9. The second-order valence-corrected chi connectivity index (χ2v) is 6.60. The van der Waals surface area contributed by atoms with Gasteiger partial charge in [0.1, 0.15) is 0 Å². The maximum Gasteiger partial charge on any atom is 0.265 e. The maximum atomic E-state index is 13.7. The van der Waals surface area contributed by atoms with Gasteiger partial charge < -0.3 is 19.7 Å². The molecule has 150 valence electrons. The van der Waals surface area contributed by atoms with Crippen molar-refractivity contribution in [2.24, 2.45) is 0 Å². The van der Waals surface area contributed by atoms with E-state index in [0.717, 1.165) is 17.7 Å². The molecule has 0 bridgehead atoms. The third-order valence-electron chi connectivity index (χ3n) is 4.44. The molecular weight excluding hydrogens is 358 g/mol. The van der Waals surface area contributed by atoms with Crippen LogP contribution in [0.2, 0.25) is 0 Å². The lowest BCUT2D eigenvalue weighted by Gasteiger charge is -2.32. The van der Waals surface area contributed by atoms with E-state index in [1.807, 2.05) is 6.92 Å². The van der Waals surface area contributed by atoms with Gasteiger partial charge in [0.15, 0.2) is 11.5 Å². The molecule has 2 amide bonds. The Morgan fingerprint density at radius 1 is 1.26 bits per heavy atom. The Kier molecular flexibility index (Phi) is 6.98. The summed E-state index contributed by atoms with van der Waals surface area (Å²) in [5, 5.41) is 2.72. The molecule has 1 aromatic rings. The van der Waals surface area contributed by atoms with Gasteiger partial charge in [-0.05, 0) is 25.0 Å². The second kappa shape index (κ2) is 9.01. The van der Waals surface area contributed by atoms with Crippen molar-refractivity contribution in [2.75, 3.05) is 32.6 Å². The summed E-state index contributed by atoms with van der Waals surface area (Å²) in [4.78, 5) is 26.0. The molecule has 0 aromatic heterocycles. The Hall–Kier alpha value is -2.38. The van der Waals surface area contributed by atoms with E-state index in [4.69, 9.17) is 9.47 Å². The molecule has 1 aliphatic rings. The normalized spacial score (nSPS) is 16.0. The number of anilines is 1. The number of carbonyl (C=O) groups excluding carboxylic acids is 2. The summed E-state index contributed by atoms with van der Waals surface area (Å²) in [6, 6.07) is 2.88. The van der Waals surface area contributed by atoms with Crippen LogP contribution in [0.25, 0.3) is 0 Å². The molecule has 1 saturated heterocycles. The van der Waals surface area contributed by atoms with Gasteiger partial charge >= 0.3 is 0 Å². The van der Waals surface area contributed by atoms with Crippen molar-refractivity contribution in [3.8, 4) is 11.5 Å². The number of ether oxygens (including phenoxy) is 2. The van der Waals surface area contributed by atoms with Crippen LogP contribution in [0.15, 0.2) is 12.1 Å². The number of unbranched alkanes of at least 4 members (excludes halogenated alkanes) is 1. The molecule has 1 N–H and O–H groups in total. The molecule has 2 rings (SSSR count). The van der Waals surface area contributed by atoms with Crippen molar-refractivity contribution >= 4 is 17.5 Å². The zero-order chi connectivity index (χ0) is 20.0. The Bertz CT molecular complexity index is 695. The molecule has 0 aliphatic carbocycles. The topological polar surface area (TPSA) is 67.9 Å². The number of likely N-dealkylation sites (tertiary alicyclic amines) is 1. The number of alkyl halides is 2. The summed E-state index contributed by atoms with van der Waals surface area (Å²) in [6.07, 6.45) is 1.95. The smallest absolute Gasteiger partial charge is 0.265 e. The number of halogens is 2. The minimum atomic E-state index is -2.89. The van der Waals surface area contributed by atoms with E-state index in [0.29, 0.717) is 6.42 Å². The fraction of sp³-hybridized carbons (Fsp3) is 0.579. The van der Waals surface area contributed by atoms with Crippen molar-refractivity contribution in [2.45, 2.75) is 45.0 Å². The lowest BCUT2D eigenvalue weighted by Crippen LogP contribution is -2.45. The third-order valence-corrected chi connectivity index (χ3v) is 4.44. The van der Waals surface area contributed by atoms with Gasteiger partial charge in [-0.1, -0.05) is 13.3 Å². The van der Waals surface area contributed by atoms with E-state index in [-0.39, 0.29) is 48.0 Å². The first-order chi connectivity index (χ1) is 12.8. The molecule has 0 unspecified atom stereocenters. The highest BCUT2D eigenvalue weighted by molar-refractivity contribution is 5.99. The largest absolute Gasteiger partial charge is 0.493 e. The first-order valence-corrected chi connectivity index (χ1v) is 9.04. The second-order valence-electron chi connectivity index (χ2n) is 6.60. The van der Waals surface area contributed by atoms with Crippen LogP contribution in [0.3, 0.4) is 0 Å². The van der Waals surface area contributed by atoms with Crippen LogP contribution in [0.5, 0.6) is 11.5 Å². The van der Waals surface area contributed by atoms with E-state index in [1.165, 1.54) is 26.4 Å². The number of piperidine rings is 1. The van der Waals surface area contributed by atoms with Crippen LogP contribution in [-0.4, -0.2) is 49.9 Å². The lowest BCUT2D eigenvalue weighted by molar-refractivity contribution is -0.116. The van der Waals surface area contributed by atoms with Crippen LogP contribution in [0.1, 0.15) is 49.4 Å². The molecule has 8 heteroatoms. The molecule has 0 atom stereocenters. The van der Waals surface area contributed by atoms with Gasteiger partial charge in [0, 0.05) is 24.9 Å². The Labute approximate surface area is 157 Å². The number of benzene rings is 1. The summed E-state index contributed by atoms with van der Waals surface area (Å²) in [7, 11) is 2.83. The Morgan fingerprint density at radius 2 is 2.00 bits per heavy atom. The van der Waals surface area contributed by atoms with E-state index in [2.05, 4.69) is 5.32 Å². The Morgan fingerprint density at radius 3 is 2.59 bits per heavy atom. The quantitative estimate of drug-likeness (QED) is 0.778. The van der Waals surface area contributed by atoms with E-state index < -0.39 is 18.4 Å². The minimum absolute atomic E-state index is 0.163. The molecule has 1 aliphatic heterocycles. The molecule has 1 aromatic carbocycles. The van der Waals surface area contributed by atoms with Gasteiger partial charge in [0.25, 0.3) is 11.8 Å². The molecule has 1 heterocycles. The number of nitrogens with one attached hydrogen (secondary N) is 1. The SMILES string of the molecule is CCCCC(=O)Nc1cc(C(=O)N2CCCC(F)(F)C2)cc(OC)c1OC. The van der Waals surface area contributed by atoms with Crippen molar-refractivity contribution in [3.05, 3.63) is 17.7 Å². The van der Waals surface area contributed by atoms with Crippen LogP contribution in [0.4, 0.5) is 14.5 Å². The monoisotopic (exact) mass is 384 g/mol. The number of hydrogen-bond acceptors (Lipinski definition) is 4. The summed E-state index contributed by atoms with van der Waals surface area (Å²) in [6.45, 7) is 1.63. The van der Waals surface area contributed by atoms with E-state index >= 15 is 0 Å². The van der Waals surface area contributed by atoms with Gasteiger partial charge in [0.2, 0.25) is 5.91 Å². The van der Waals surface area contributed by atoms with Crippen molar-refractivity contribution in [1.29, 1.82) is 0 Å². The fourth-order valence-electron chi connectivity index (χ4n) is 3.05. The molecule has 1 fully saturated rings. The number of nitrogens with zero attached hydrogens (tertiary/aromatic N) is 1. The molecule has 0 radical (unpaired) electrons. The number of amides is 2. The molecule has 27 heavy (non-hydrogen) atoms. The number of hydrogen-bond donors (Lipinski definition) is 1. The van der Waals surface area contributed by atoms with Crippen LogP contribution < -0.4 is 14.8 Å². The van der Waals surface area contributed by atoms with Crippen LogP contribution in [0, 0.1) is 0 Å². The summed E-state index contributed by atoms with van der Waals surface area (Å²) >= 11 is 0. The molecule has 0 spiro atoms. The summed E-state index contributed by atoms with van der Waals surface area (Å²) in [5.41, 5.74) is 0.446. The molecular formula is C19H26F2N2O4. The van der Waals surface area contributed by atoms with Gasteiger partial charge in [-0.2, -0.15) is 0 Å². The minimum Gasteiger partial charge on any atom is -0.493 e. The van der Waals surface area contributed by atoms with E-state index in [1.54, 1.807) is 0 Å². The standard InChI is InChI=1S/C19H26F2N2O4/c1-4-5-7-16(24)22-14-10-13(11-15(26-2)17(14)27-3)18(25)23-9-6-8-19(20,21)12-23/h10-11H,4-9,12H2,1-3H3,(H,22,24). The van der Waals surface area contributed by atoms with Gasteiger partial charge in [0.05, 0.1) is 26.5 Å². The maximum absolute atomic E-state index is 13.7. The summed E-state index contributed by atoms with van der Waals surface area (Å²) < 4.78 is 37.9. The third kappa shape index (κ3) is 5.30. The average Bonchev–Trinajstić information content (AvgIpc) is 2.64. The van der Waals surface area contributed by atoms with Crippen molar-refractivity contribution in [1.82, 2.24) is 4.90 Å². The van der Waals surface area contributed by atoms with Crippen molar-refractivity contribution in [3.63, 3.8) is 0 Å². The number of carbonyl (C=O) groups is 2. The highest BCUT2D eigenvalue weighted by Gasteiger charge is 2.37. The molecule has 6 nitrogen and oxygen atoms in total. The zero-order valence-electron chi connectivity index (χ0n) is 15.9. The van der Waals surface area contributed by atoms with Gasteiger partial charge in [-0.3, -0.25) is 9.59 Å². The highest BCUT2D eigenvalue weighted by atomic mass is 19.3. The lowest BCUT2D eigenvalue weighted by atomic mass is 10.0. The predicted octanol–water partition coefficient (Wildman–Crippen LogP) is 3.70. The van der Waals surface area contributed by atoms with Gasteiger partial charge in [-0.15, -0.1) is 0 Å². The summed E-state index contributed by atoms with van der Waals surface area (Å²) in [5.74, 6) is -3.10. The number of rotatable bonds is 7. The van der Waals surface area contributed by atoms with Crippen LogP contribution in [-0.2, 0) is 4.79 Å². The molecule has 0 saturated carbocycles. The predicted molar refractivity (Wildman–Crippen MR) is 97.8 cm³/mol. The van der Waals surface area contributed by atoms with Crippen LogP contribution >= 0.6 is 0 Å². The highest BCUT2D eigenvalue weighted by Crippen LogP contribution is 2.37. The zero-order valence-corrected chi connectivity index (χ0v) is 15.9. The van der Waals surface area contributed by atoms with Crippen molar-refractivity contribution < 1.29 is 27.8 Å². The first-order valence-electron chi connectivity index (χ1n) is 9.04. The fourth-order valence-corrected chi connectivity index (χ4v) is 3.05. The van der Waals surface area contributed by atoms with Gasteiger partial charge in [-0.25, -0.2) is 8.78 Å².